The molecule has 1 aliphatic carbocycles. The van der Waals surface area contributed by atoms with Crippen LogP contribution in [0.4, 0.5) is 0 Å². The smallest absolute Gasteiger partial charge is 0.161 e. The fourth-order valence-electron chi connectivity index (χ4n) is 4.13. The van der Waals surface area contributed by atoms with Gasteiger partial charge < -0.3 is 9.47 Å². The minimum Gasteiger partial charge on any atom is -0.493 e. The number of methoxy groups -OCH3 is 2. The Morgan fingerprint density at radius 3 is 2.13 bits per heavy atom. The Hall–Kier alpha value is -3.59. The summed E-state index contributed by atoms with van der Waals surface area (Å²) in [6.07, 6.45) is 0.358. The van der Waals surface area contributed by atoms with Crippen LogP contribution in [-0.2, 0) is 4.79 Å². The topological polar surface area (TPSA) is 35.5 Å². The van der Waals surface area contributed by atoms with Gasteiger partial charge in [0.15, 0.2) is 11.5 Å². The summed E-state index contributed by atoms with van der Waals surface area (Å²) >= 11 is 0. The maximum absolute atomic E-state index is 13.2. The highest BCUT2D eigenvalue weighted by atomic mass is 16.5. The second kappa shape index (κ2) is 8.42. The molecular weight excluding hydrogens is 372 g/mol. The van der Waals surface area contributed by atoms with E-state index in [1.165, 1.54) is 0 Å². The molecular formula is C27H24O3. The van der Waals surface area contributed by atoms with Crippen molar-refractivity contribution < 1.29 is 14.3 Å². The van der Waals surface area contributed by atoms with Crippen molar-refractivity contribution >= 4 is 16.9 Å². The Balaban J connectivity index is 1.92. The minimum absolute atomic E-state index is 0.179. The lowest BCUT2D eigenvalue weighted by molar-refractivity contribution is -0.118. The lowest BCUT2D eigenvalue weighted by atomic mass is 9.85. The normalized spacial score (nSPS) is 15.9. The molecule has 3 heteroatoms. The number of benzene rings is 3. The van der Waals surface area contributed by atoms with Crippen molar-refractivity contribution in [1.82, 2.24) is 0 Å². The quantitative estimate of drug-likeness (QED) is 0.518. The average molecular weight is 396 g/mol. The number of hydrogen-bond acceptors (Lipinski definition) is 3. The van der Waals surface area contributed by atoms with Gasteiger partial charge in [0.1, 0.15) is 5.78 Å². The van der Waals surface area contributed by atoms with Gasteiger partial charge in [-0.1, -0.05) is 73.3 Å². The molecule has 150 valence electrons. The standard InChI is InChI=1S/C27H24O3/c1-18(19-10-6-4-7-11-19)22-17-23(28)27(20-12-8-5-9-13-20)26(22)21-14-15-24(29-2)25(16-21)30-3/h4-16,27H,1,17H2,2-3H3. The van der Waals surface area contributed by atoms with Gasteiger partial charge in [0.05, 0.1) is 20.1 Å². The van der Waals surface area contributed by atoms with Crippen molar-refractivity contribution in [3.63, 3.8) is 0 Å². The number of carbonyl (C=O) groups is 1. The molecule has 0 radical (unpaired) electrons. The largest absolute Gasteiger partial charge is 0.493 e. The SMILES string of the molecule is C=C(C1=C(c2ccc(OC)c(OC)c2)C(c2ccccc2)C(=O)C1)c1ccccc1. The first kappa shape index (κ1) is 19.7. The number of carbonyl (C=O) groups excluding carboxylic acids is 1. The number of ketones is 1. The summed E-state index contributed by atoms with van der Waals surface area (Å²) < 4.78 is 10.9. The maximum Gasteiger partial charge on any atom is 0.161 e. The van der Waals surface area contributed by atoms with E-state index in [1.54, 1.807) is 14.2 Å². The van der Waals surface area contributed by atoms with E-state index in [0.717, 1.165) is 33.4 Å². The molecule has 4 rings (SSSR count). The van der Waals surface area contributed by atoms with Crippen LogP contribution in [0.2, 0.25) is 0 Å². The molecule has 0 N–H and O–H groups in total. The van der Waals surface area contributed by atoms with Crippen LogP contribution < -0.4 is 9.47 Å². The van der Waals surface area contributed by atoms with E-state index in [4.69, 9.17) is 9.47 Å². The number of hydrogen-bond donors (Lipinski definition) is 0. The predicted molar refractivity (Wildman–Crippen MR) is 121 cm³/mol. The van der Waals surface area contributed by atoms with Crippen LogP contribution in [0.1, 0.15) is 29.0 Å². The summed E-state index contributed by atoms with van der Waals surface area (Å²) in [5, 5.41) is 0. The van der Waals surface area contributed by atoms with Gasteiger partial charge in [-0.25, -0.2) is 0 Å². The monoisotopic (exact) mass is 396 g/mol. The fourth-order valence-corrected chi connectivity index (χ4v) is 4.13. The van der Waals surface area contributed by atoms with Crippen LogP contribution in [0.3, 0.4) is 0 Å². The van der Waals surface area contributed by atoms with Crippen LogP contribution in [0, 0.1) is 0 Å². The van der Waals surface area contributed by atoms with Crippen molar-refractivity contribution in [2.24, 2.45) is 0 Å². The summed E-state index contributed by atoms with van der Waals surface area (Å²) in [6, 6.07) is 25.8. The zero-order valence-electron chi connectivity index (χ0n) is 17.2. The average Bonchev–Trinajstić information content (AvgIpc) is 3.16. The molecule has 0 spiro atoms. The second-order valence-corrected chi connectivity index (χ2v) is 7.29. The van der Waals surface area contributed by atoms with Crippen LogP contribution in [-0.4, -0.2) is 20.0 Å². The molecule has 1 aliphatic rings. The van der Waals surface area contributed by atoms with E-state index in [9.17, 15) is 4.79 Å². The molecule has 0 bridgehead atoms. The molecule has 3 aromatic rings. The molecule has 0 fully saturated rings. The van der Waals surface area contributed by atoms with Crippen molar-refractivity contribution in [2.75, 3.05) is 14.2 Å². The van der Waals surface area contributed by atoms with E-state index in [-0.39, 0.29) is 11.7 Å². The Morgan fingerprint density at radius 2 is 1.50 bits per heavy atom. The minimum atomic E-state index is -0.334. The lowest BCUT2D eigenvalue weighted by Crippen LogP contribution is -2.08. The highest BCUT2D eigenvalue weighted by Crippen LogP contribution is 2.48. The predicted octanol–water partition coefficient (Wildman–Crippen LogP) is 5.93. The zero-order valence-corrected chi connectivity index (χ0v) is 17.2. The van der Waals surface area contributed by atoms with Crippen molar-refractivity contribution in [1.29, 1.82) is 0 Å². The molecule has 0 saturated carbocycles. The highest BCUT2D eigenvalue weighted by molar-refractivity contribution is 6.11. The number of rotatable bonds is 6. The molecule has 0 amide bonds. The number of allylic oxidation sites excluding steroid dienone is 3. The van der Waals surface area contributed by atoms with Crippen molar-refractivity contribution in [2.45, 2.75) is 12.3 Å². The molecule has 3 nitrogen and oxygen atoms in total. The third kappa shape index (κ3) is 3.55. The molecule has 0 aliphatic heterocycles. The molecule has 0 heterocycles. The molecule has 1 unspecified atom stereocenters. The fraction of sp³-hybridized carbons (Fsp3) is 0.148. The summed E-state index contributed by atoms with van der Waals surface area (Å²) in [6.45, 7) is 4.36. The first-order valence-electron chi connectivity index (χ1n) is 9.91. The Morgan fingerprint density at radius 1 is 0.867 bits per heavy atom. The van der Waals surface area contributed by atoms with Gasteiger partial charge in [-0.2, -0.15) is 0 Å². The first-order valence-corrected chi connectivity index (χ1v) is 9.91. The van der Waals surface area contributed by atoms with Crippen LogP contribution in [0.15, 0.2) is 91.0 Å². The van der Waals surface area contributed by atoms with Gasteiger partial charge in [-0.3, -0.25) is 4.79 Å². The summed E-state index contributed by atoms with van der Waals surface area (Å²) in [5.41, 5.74) is 5.80. The van der Waals surface area contributed by atoms with E-state index in [0.29, 0.717) is 17.9 Å². The second-order valence-electron chi connectivity index (χ2n) is 7.29. The van der Waals surface area contributed by atoms with Crippen molar-refractivity contribution in [3.8, 4) is 11.5 Å². The van der Waals surface area contributed by atoms with E-state index in [2.05, 4.69) is 6.58 Å². The van der Waals surface area contributed by atoms with Crippen LogP contribution in [0.5, 0.6) is 11.5 Å². The third-order valence-electron chi connectivity index (χ3n) is 5.60. The highest BCUT2D eigenvalue weighted by Gasteiger charge is 2.36. The van der Waals surface area contributed by atoms with Crippen molar-refractivity contribution in [3.05, 3.63) is 108 Å². The zero-order chi connectivity index (χ0) is 21.1. The van der Waals surface area contributed by atoms with Gasteiger partial charge in [0, 0.05) is 6.42 Å². The van der Waals surface area contributed by atoms with Crippen LogP contribution in [0.25, 0.3) is 11.1 Å². The van der Waals surface area contributed by atoms with Gasteiger partial charge in [-0.15, -0.1) is 0 Å². The number of Topliss-reactive ketones (excluding diaryl/α,β-unsaturated/α-hetero) is 1. The Labute approximate surface area is 177 Å². The molecule has 30 heavy (non-hydrogen) atoms. The Bertz CT molecular complexity index is 1110. The Kier molecular flexibility index (Phi) is 5.53. The lowest BCUT2D eigenvalue weighted by Gasteiger charge is -2.18. The van der Waals surface area contributed by atoms with E-state index in [1.807, 2.05) is 78.9 Å². The molecule has 0 aromatic heterocycles. The molecule has 3 aromatic carbocycles. The first-order chi connectivity index (χ1) is 14.6. The summed E-state index contributed by atoms with van der Waals surface area (Å²) in [7, 11) is 3.24. The maximum atomic E-state index is 13.2. The van der Waals surface area contributed by atoms with Crippen LogP contribution >= 0.6 is 0 Å². The van der Waals surface area contributed by atoms with Gasteiger partial charge >= 0.3 is 0 Å². The molecule has 0 saturated heterocycles. The molecule has 1 atom stereocenters. The van der Waals surface area contributed by atoms with Gasteiger partial charge in [-0.05, 0) is 45.5 Å². The number of ether oxygens (including phenoxy) is 2. The van der Waals surface area contributed by atoms with E-state index >= 15 is 0 Å². The summed E-state index contributed by atoms with van der Waals surface area (Å²) in [4.78, 5) is 13.2. The third-order valence-corrected chi connectivity index (χ3v) is 5.60. The van der Waals surface area contributed by atoms with Gasteiger partial charge in [0.2, 0.25) is 0 Å². The van der Waals surface area contributed by atoms with E-state index < -0.39 is 0 Å². The van der Waals surface area contributed by atoms with Gasteiger partial charge in [0.25, 0.3) is 0 Å². The summed E-state index contributed by atoms with van der Waals surface area (Å²) in [5.74, 6) is 1.14.